The van der Waals surface area contributed by atoms with Gasteiger partial charge in [0, 0.05) is 0 Å². The van der Waals surface area contributed by atoms with Crippen LogP contribution in [0.5, 0.6) is 11.5 Å². The summed E-state index contributed by atoms with van der Waals surface area (Å²) >= 11 is 5.27. The summed E-state index contributed by atoms with van der Waals surface area (Å²) in [6, 6.07) is 19.6. The number of para-hydroxylation sites is 1. The second-order valence-electron chi connectivity index (χ2n) is 8.35. The Morgan fingerprint density at radius 2 is 1.64 bits per heavy atom. The largest absolute Gasteiger partial charge is 0.463 e. The maximum absolute atomic E-state index is 13.4. The van der Waals surface area contributed by atoms with Crippen molar-refractivity contribution in [2.24, 2.45) is 0 Å². The molecule has 1 aliphatic rings. The number of carbonyl (C=O) groups is 2. The Morgan fingerprint density at radius 1 is 0.944 bits per heavy atom. The second kappa shape index (κ2) is 9.24. The van der Waals surface area contributed by atoms with Crippen LogP contribution in [0.15, 0.2) is 87.8 Å². The molecule has 0 spiro atoms. The van der Waals surface area contributed by atoms with E-state index >= 15 is 0 Å². The molecule has 178 valence electrons. The Kier molecular flexibility index (Phi) is 5.95. The molecule has 4 aromatic rings. The van der Waals surface area contributed by atoms with E-state index in [1.54, 1.807) is 30.3 Å². The summed E-state index contributed by atoms with van der Waals surface area (Å²) in [5.74, 6) is -0.100. The van der Waals surface area contributed by atoms with Crippen LogP contribution in [0.2, 0.25) is 0 Å². The Labute approximate surface area is 211 Å². The molecular weight excluding hydrogens is 476 g/mol. The summed E-state index contributed by atoms with van der Waals surface area (Å²) in [4.78, 5) is 40.3. The van der Waals surface area contributed by atoms with Crippen LogP contribution in [-0.2, 0) is 9.59 Å². The standard InChI is InChI=1S/C28H20N2O5S/c1-16-12-17(2)25-22(13-16)24(31)18(15-34-25)14-23-26(32)29-28(36)30(27(23)33)19-8-10-21(11-9-19)35-20-6-4-3-5-7-20/h3-15H,1-2H3,(H,29,32,36)/b23-14+. The van der Waals surface area contributed by atoms with Gasteiger partial charge in [-0.25, -0.2) is 0 Å². The summed E-state index contributed by atoms with van der Waals surface area (Å²) in [5.41, 5.74) is 2.15. The van der Waals surface area contributed by atoms with Crippen molar-refractivity contribution in [1.82, 2.24) is 5.32 Å². The zero-order chi connectivity index (χ0) is 25.4. The van der Waals surface area contributed by atoms with Gasteiger partial charge in [0.05, 0.1) is 16.6 Å². The van der Waals surface area contributed by atoms with E-state index in [1.165, 1.54) is 17.2 Å². The molecule has 5 rings (SSSR count). The molecule has 8 heteroatoms. The average Bonchev–Trinajstić information content (AvgIpc) is 2.85. The first-order valence-corrected chi connectivity index (χ1v) is 11.5. The topological polar surface area (TPSA) is 88.8 Å². The van der Waals surface area contributed by atoms with E-state index in [0.29, 0.717) is 28.2 Å². The zero-order valence-electron chi connectivity index (χ0n) is 19.4. The van der Waals surface area contributed by atoms with Gasteiger partial charge in [0.25, 0.3) is 11.8 Å². The van der Waals surface area contributed by atoms with Gasteiger partial charge in [-0.2, -0.15) is 0 Å². The van der Waals surface area contributed by atoms with Crippen LogP contribution in [-0.4, -0.2) is 16.9 Å². The molecule has 0 saturated carbocycles. The number of amides is 2. The normalized spacial score (nSPS) is 14.9. The van der Waals surface area contributed by atoms with Crippen molar-refractivity contribution in [1.29, 1.82) is 0 Å². The Morgan fingerprint density at radius 3 is 2.36 bits per heavy atom. The van der Waals surface area contributed by atoms with Gasteiger partial charge in [0.15, 0.2) is 10.5 Å². The Balaban J connectivity index is 1.48. The lowest BCUT2D eigenvalue weighted by molar-refractivity contribution is -0.122. The van der Waals surface area contributed by atoms with Gasteiger partial charge >= 0.3 is 0 Å². The number of ether oxygens (including phenoxy) is 1. The van der Waals surface area contributed by atoms with Crippen molar-refractivity contribution in [3.8, 4) is 11.5 Å². The summed E-state index contributed by atoms with van der Waals surface area (Å²) in [5, 5.41) is 2.85. The fraction of sp³-hybridized carbons (Fsp3) is 0.0714. The summed E-state index contributed by atoms with van der Waals surface area (Å²) in [7, 11) is 0. The van der Waals surface area contributed by atoms with E-state index in [-0.39, 0.29) is 21.7 Å². The molecule has 0 unspecified atom stereocenters. The van der Waals surface area contributed by atoms with Gasteiger partial charge in [-0.05, 0) is 85.7 Å². The SMILES string of the molecule is Cc1cc(C)c2occ(/C=C3\C(=O)NC(=S)N(c4ccc(Oc5ccccc5)cc4)C3=O)c(=O)c2c1. The molecule has 1 aromatic heterocycles. The lowest BCUT2D eigenvalue weighted by atomic mass is 10.0. The number of aryl methyl sites for hydroxylation is 2. The Hall–Kier alpha value is -4.56. The molecule has 7 nitrogen and oxygen atoms in total. The number of benzene rings is 3. The number of nitrogens with one attached hydrogen (secondary N) is 1. The third-order valence-electron chi connectivity index (χ3n) is 5.70. The molecule has 1 N–H and O–H groups in total. The molecule has 3 aromatic carbocycles. The predicted octanol–water partition coefficient (Wildman–Crippen LogP) is 5.03. The maximum Gasteiger partial charge on any atom is 0.270 e. The van der Waals surface area contributed by atoms with Gasteiger partial charge in [-0.3, -0.25) is 24.6 Å². The number of fused-ring (bicyclic) bond motifs is 1. The molecule has 0 aliphatic carbocycles. The third-order valence-corrected chi connectivity index (χ3v) is 5.99. The second-order valence-corrected chi connectivity index (χ2v) is 8.73. The van der Waals surface area contributed by atoms with Crippen molar-refractivity contribution in [3.63, 3.8) is 0 Å². The highest BCUT2D eigenvalue weighted by atomic mass is 32.1. The molecule has 1 fully saturated rings. The highest BCUT2D eigenvalue weighted by molar-refractivity contribution is 7.80. The van der Waals surface area contributed by atoms with Gasteiger partial charge < -0.3 is 9.15 Å². The number of anilines is 1. The molecule has 0 atom stereocenters. The first-order valence-electron chi connectivity index (χ1n) is 11.1. The monoisotopic (exact) mass is 496 g/mol. The predicted molar refractivity (Wildman–Crippen MR) is 141 cm³/mol. The molecule has 0 bridgehead atoms. The summed E-state index contributed by atoms with van der Waals surface area (Å²) in [6.45, 7) is 3.73. The molecule has 1 saturated heterocycles. The number of nitrogens with zero attached hydrogens (tertiary/aromatic N) is 1. The van der Waals surface area contributed by atoms with Crippen LogP contribution in [0.1, 0.15) is 16.7 Å². The number of rotatable bonds is 4. The molecular formula is C28H20N2O5S. The smallest absolute Gasteiger partial charge is 0.270 e. The van der Waals surface area contributed by atoms with Gasteiger partial charge in [-0.15, -0.1) is 0 Å². The highest BCUT2D eigenvalue weighted by Gasteiger charge is 2.34. The fourth-order valence-electron chi connectivity index (χ4n) is 4.05. The van der Waals surface area contributed by atoms with Gasteiger partial charge in [-0.1, -0.05) is 24.3 Å². The molecule has 36 heavy (non-hydrogen) atoms. The molecule has 2 heterocycles. The first-order chi connectivity index (χ1) is 17.3. The number of thiocarbonyl (C=S) groups is 1. The highest BCUT2D eigenvalue weighted by Crippen LogP contribution is 2.27. The van der Waals surface area contributed by atoms with E-state index in [4.69, 9.17) is 21.4 Å². The van der Waals surface area contributed by atoms with E-state index in [0.717, 1.165) is 11.1 Å². The van der Waals surface area contributed by atoms with Crippen LogP contribution in [0.25, 0.3) is 17.0 Å². The maximum atomic E-state index is 13.4. The summed E-state index contributed by atoms with van der Waals surface area (Å²) in [6.07, 6.45) is 2.50. The number of hydrogen-bond donors (Lipinski definition) is 1. The van der Waals surface area contributed by atoms with Gasteiger partial charge in [0.1, 0.15) is 28.9 Å². The number of carbonyl (C=O) groups excluding carboxylic acids is 2. The minimum absolute atomic E-state index is 0.0596. The minimum Gasteiger partial charge on any atom is -0.463 e. The molecule has 2 amide bonds. The van der Waals surface area contributed by atoms with Crippen molar-refractivity contribution in [2.75, 3.05) is 4.90 Å². The van der Waals surface area contributed by atoms with E-state index in [9.17, 15) is 14.4 Å². The summed E-state index contributed by atoms with van der Waals surface area (Å²) < 4.78 is 11.5. The molecule has 0 radical (unpaired) electrons. The minimum atomic E-state index is -0.690. The van der Waals surface area contributed by atoms with E-state index < -0.39 is 11.8 Å². The van der Waals surface area contributed by atoms with E-state index in [2.05, 4.69) is 5.32 Å². The van der Waals surface area contributed by atoms with Gasteiger partial charge in [0.2, 0.25) is 0 Å². The van der Waals surface area contributed by atoms with Crippen LogP contribution < -0.4 is 20.4 Å². The average molecular weight is 497 g/mol. The van der Waals surface area contributed by atoms with Crippen molar-refractivity contribution in [3.05, 3.63) is 105 Å². The van der Waals surface area contributed by atoms with E-state index in [1.807, 2.05) is 50.2 Å². The van der Waals surface area contributed by atoms with Crippen LogP contribution >= 0.6 is 12.2 Å². The van der Waals surface area contributed by atoms with Crippen LogP contribution in [0.4, 0.5) is 5.69 Å². The zero-order valence-corrected chi connectivity index (χ0v) is 20.2. The fourth-order valence-corrected chi connectivity index (χ4v) is 4.33. The van der Waals surface area contributed by atoms with Crippen LogP contribution in [0.3, 0.4) is 0 Å². The van der Waals surface area contributed by atoms with Crippen molar-refractivity contribution < 1.29 is 18.7 Å². The lowest BCUT2D eigenvalue weighted by Gasteiger charge is -2.29. The lowest BCUT2D eigenvalue weighted by Crippen LogP contribution is -2.54. The first kappa shape index (κ1) is 23.2. The van der Waals surface area contributed by atoms with Crippen molar-refractivity contribution in [2.45, 2.75) is 13.8 Å². The molecule has 1 aliphatic heterocycles. The van der Waals surface area contributed by atoms with Crippen molar-refractivity contribution >= 4 is 51.9 Å². The number of hydrogen-bond acceptors (Lipinski definition) is 6. The quantitative estimate of drug-likeness (QED) is 0.242. The Bertz CT molecular complexity index is 1620. The third kappa shape index (κ3) is 4.30. The van der Waals surface area contributed by atoms with Crippen LogP contribution in [0, 0.1) is 13.8 Å².